The summed E-state index contributed by atoms with van der Waals surface area (Å²) in [5.74, 6) is 0. The normalized spacial score (nSPS) is 11.7. The number of hydrogen-bond donors (Lipinski definition) is 0. The van der Waals surface area contributed by atoms with E-state index in [2.05, 4.69) is 228 Å². The third kappa shape index (κ3) is 5.44. The smallest absolute Gasteiger partial charge is 0.145 e. The molecule has 2 heterocycles. The van der Waals surface area contributed by atoms with Gasteiger partial charge in [-0.15, -0.1) is 0 Å². The first kappa shape index (κ1) is 33.3. The maximum absolute atomic E-state index is 6.92. The third-order valence-electron chi connectivity index (χ3n) is 11.9. The van der Waals surface area contributed by atoms with Crippen molar-refractivity contribution in [2.75, 3.05) is 4.90 Å². The molecule has 3 nitrogen and oxygen atoms in total. The highest BCUT2D eigenvalue weighted by Gasteiger charge is 2.23. The predicted octanol–water partition coefficient (Wildman–Crippen LogP) is 15.8. The van der Waals surface area contributed by atoms with E-state index in [1.165, 1.54) is 54.5 Å². The zero-order valence-corrected chi connectivity index (χ0v) is 32.1. The predicted molar refractivity (Wildman–Crippen MR) is 249 cm³/mol. The quantitative estimate of drug-likeness (QED) is 0.169. The molecule has 276 valence electrons. The molecule has 0 amide bonds. The van der Waals surface area contributed by atoms with Crippen molar-refractivity contribution in [2.24, 2.45) is 0 Å². The summed E-state index contributed by atoms with van der Waals surface area (Å²) in [5.41, 5.74) is 12.9. The Morgan fingerprint density at radius 2 is 0.966 bits per heavy atom. The number of furan rings is 1. The molecule has 0 N–H and O–H groups in total. The van der Waals surface area contributed by atoms with Gasteiger partial charge in [0.15, 0.2) is 0 Å². The van der Waals surface area contributed by atoms with Crippen LogP contribution < -0.4 is 4.90 Å². The van der Waals surface area contributed by atoms with Gasteiger partial charge in [-0.25, -0.2) is 0 Å². The molecular formula is C56H36N2O. The van der Waals surface area contributed by atoms with E-state index in [4.69, 9.17) is 4.42 Å². The highest BCUT2D eigenvalue weighted by Crippen LogP contribution is 2.47. The van der Waals surface area contributed by atoms with Crippen LogP contribution in [0.15, 0.2) is 223 Å². The number of rotatable bonds is 6. The van der Waals surface area contributed by atoms with Crippen LogP contribution in [-0.2, 0) is 0 Å². The minimum Gasteiger partial charge on any atom is -0.455 e. The highest BCUT2D eigenvalue weighted by atomic mass is 16.3. The van der Waals surface area contributed by atoms with E-state index in [1.807, 2.05) is 0 Å². The Kier molecular flexibility index (Phi) is 7.54. The van der Waals surface area contributed by atoms with E-state index in [-0.39, 0.29) is 0 Å². The van der Waals surface area contributed by atoms with Gasteiger partial charge in [0, 0.05) is 38.8 Å². The standard InChI is InChI=1S/C56H36N2O/c1-3-14-40-34-42(25-24-37(40)12-1)39-26-29-44(30-27-39)57(46-31-28-38-13-2-4-15-41(38)35-46)53-33-32-47(56-55(53)50-20-7-10-23-54(50)59-56)43-16-11-17-45(36-43)58-51-21-8-5-18-48(51)49-19-6-9-22-52(49)58/h1-36H. The lowest BCUT2D eigenvalue weighted by molar-refractivity contribution is 0.670. The molecule has 0 saturated heterocycles. The summed E-state index contributed by atoms with van der Waals surface area (Å²) in [4.78, 5) is 2.39. The van der Waals surface area contributed by atoms with E-state index < -0.39 is 0 Å². The van der Waals surface area contributed by atoms with Crippen molar-refractivity contribution in [1.29, 1.82) is 0 Å². The molecule has 0 aliphatic heterocycles. The summed E-state index contributed by atoms with van der Waals surface area (Å²) in [6, 6.07) is 78.7. The average Bonchev–Trinajstić information content (AvgIpc) is 3.86. The fourth-order valence-corrected chi connectivity index (χ4v) is 9.15. The first-order valence-corrected chi connectivity index (χ1v) is 20.2. The zero-order valence-electron chi connectivity index (χ0n) is 32.1. The first-order valence-electron chi connectivity index (χ1n) is 20.2. The Morgan fingerprint density at radius 1 is 0.373 bits per heavy atom. The molecule has 0 saturated carbocycles. The molecule has 0 bridgehead atoms. The molecule has 12 aromatic rings. The minimum atomic E-state index is 0.861. The average molecular weight is 753 g/mol. The molecule has 0 atom stereocenters. The molecule has 0 aliphatic carbocycles. The van der Waals surface area contributed by atoms with Gasteiger partial charge < -0.3 is 13.9 Å². The monoisotopic (exact) mass is 752 g/mol. The van der Waals surface area contributed by atoms with Crippen molar-refractivity contribution in [3.8, 4) is 27.9 Å². The SMILES string of the molecule is c1cc(-c2ccc(N(c3ccc(-c4ccc5ccccc5c4)cc3)c3ccc4ccccc4c3)c3c2oc2ccccc23)cc(-n2c3ccccc3c3ccccc32)c1. The molecule has 0 unspecified atom stereocenters. The molecule has 0 radical (unpaired) electrons. The van der Waals surface area contributed by atoms with Gasteiger partial charge in [0.2, 0.25) is 0 Å². The summed E-state index contributed by atoms with van der Waals surface area (Å²) in [6.45, 7) is 0. The largest absolute Gasteiger partial charge is 0.455 e. The summed E-state index contributed by atoms with van der Waals surface area (Å²) >= 11 is 0. The van der Waals surface area contributed by atoms with E-state index in [9.17, 15) is 0 Å². The minimum absolute atomic E-state index is 0.861. The first-order chi connectivity index (χ1) is 29.2. The van der Waals surface area contributed by atoms with E-state index in [1.54, 1.807) is 0 Å². The second-order valence-corrected chi connectivity index (χ2v) is 15.3. The fourth-order valence-electron chi connectivity index (χ4n) is 9.15. The molecular weight excluding hydrogens is 717 g/mol. The fraction of sp³-hybridized carbons (Fsp3) is 0. The van der Waals surface area contributed by atoms with Crippen molar-refractivity contribution in [1.82, 2.24) is 4.57 Å². The van der Waals surface area contributed by atoms with Crippen molar-refractivity contribution in [2.45, 2.75) is 0 Å². The lowest BCUT2D eigenvalue weighted by Gasteiger charge is -2.27. The van der Waals surface area contributed by atoms with Crippen LogP contribution in [0, 0.1) is 0 Å². The number of benzene rings is 10. The van der Waals surface area contributed by atoms with E-state index >= 15 is 0 Å². The number of nitrogens with zero attached hydrogens (tertiary/aromatic N) is 2. The van der Waals surface area contributed by atoms with Gasteiger partial charge in [-0.05, 0) is 111 Å². The Balaban J connectivity index is 1.05. The van der Waals surface area contributed by atoms with E-state index in [0.717, 1.165) is 55.8 Å². The topological polar surface area (TPSA) is 21.3 Å². The molecule has 2 aromatic heterocycles. The molecule has 12 rings (SSSR count). The number of aromatic nitrogens is 1. The van der Waals surface area contributed by atoms with Gasteiger partial charge in [-0.1, -0.05) is 146 Å². The number of para-hydroxylation sites is 3. The molecule has 3 heteroatoms. The number of hydrogen-bond acceptors (Lipinski definition) is 2. The van der Waals surface area contributed by atoms with Crippen LogP contribution >= 0.6 is 0 Å². The second-order valence-electron chi connectivity index (χ2n) is 15.3. The maximum Gasteiger partial charge on any atom is 0.145 e. The van der Waals surface area contributed by atoms with Gasteiger partial charge in [0.25, 0.3) is 0 Å². The number of fused-ring (bicyclic) bond motifs is 8. The van der Waals surface area contributed by atoms with Gasteiger partial charge in [-0.3, -0.25) is 0 Å². The molecule has 59 heavy (non-hydrogen) atoms. The lowest BCUT2D eigenvalue weighted by Crippen LogP contribution is -2.10. The Hall–Kier alpha value is -7.88. The van der Waals surface area contributed by atoms with E-state index in [0.29, 0.717) is 0 Å². The number of anilines is 3. The van der Waals surface area contributed by atoms with Crippen LogP contribution in [0.2, 0.25) is 0 Å². The molecule has 0 fully saturated rings. The molecule has 10 aromatic carbocycles. The van der Waals surface area contributed by atoms with Crippen LogP contribution in [-0.4, -0.2) is 4.57 Å². The maximum atomic E-state index is 6.92. The van der Waals surface area contributed by atoms with Crippen LogP contribution in [0.25, 0.3) is 93.2 Å². The Labute approximate surface area is 341 Å². The lowest BCUT2D eigenvalue weighted by atomic mass is 9.98. The van der Waals surface area contributed by atoms with Crippen LogP contribution in [0.5, 0.6) is 0 Å². The van der Waals surface area contributed by atoms with Crippen LogP contribution in [0.1, 0.15) is 0 Å². The van der Waals surface area contributed by atoms with Crippen molar-refractivity contribution in [3.63, 3.8) is 0 Å². The van der Waals surface area contributed by atoms with Crippen molar-refractivity contribution in [3.05, 3.63) is 218 Å². The summed E-state index contributed by atoms with van der Waals surface area (Å²) in [7, 11) is 0. The summed E-state index contributed by atoms with van der Waals surface area (Å²) in [5, 5.41) is 9.53. The van der Waals surface area contributed by atoms with Crippen molar-refractivity contribution >= 4 is 82.4 Å². The highest BCUT2D eigenvalue weighted by molar-refractivity contribution is 6.17. The summed E-state index contributed by atoms with van der Waals surface area (Å²) in [6.07, 6.45) is 0. The Morgan fingerprint density at radius 3 is 1.71 bits per heavy atom. The van der Waals surface area contributed by atoms with Crippen molar-refractivity contribution < 1.29 is 4.42 Å². The van der Waals surface area contributed by atoms with Crippen LogP contribution in [0.4, 0.5) is 17.1 Å². The van der Waals surface area contributed by atoms with Gasteiger partial charge in [0.05, 0.1) is 22.1 Å². The van der Waals surface area contributed by atoms with Gasteiger partial charge in [0.1, 0.15) is 11.2 Å². The van der Waals surface area contributed by atoms with Crippen LogP contribution in [0.3, 0.4) is 0 Å². The molecule has 0 aliphatic rings. The second kappa shape index (κ2) is 13.4. The van der Waals surface area contributed by atoms with Gasteiger partial charge >= 0.3 is 0 Å². The molecule has 0 spiro atoms. The summed E-state index contributed by atoms with van der Waals surface area (Å²) < 4.78 is 9.30. The Bertz CT molecular complexity index is 3520. The zero-order chi connectivity index (χ0) is 38.9. The van der Waals surface area contributed by atoms with Gasteiger partial charge in [-0.2, -0.15) is 0 Å². The third-order valence-corrected chi connectivity index (χ3v) is 11.9.